The minimum absolute atomic E-state index is 0. The van der Waals surface area contributed by atoms with E-state index in [1.54, 1.807) is 24.3 Å². The SMILES string of the molecule is Cl.Nc1ccc(C(=O)N[C@H]2CCC(=O)NC2=O)cc1. The molecule has 1 aromatic carbocycles. The van der Waals surface area contributed by atoms with Gasteiger partial charge in [-0.3, -0.25) is 19.7 Å². The molecular weight excluding hydrogens is 270 g/mol. The van der Waals surface area contributed by atoms with Crippen molar-refractivity contribution in [2.24, 2.45) is 0 Å². The molecule has 1 aromatic rings. The Labute approximate surface area is 116 Å². The molecule has 0 saturated carbocycles. The van der Waals surface area contributed by atoms with Gasteiger partial charge in [-0.1, -0.05) is 0 Å². The van der Waals surface area contributed by atoms with Crippen LogP contribution in [0.5, 0.6) is 0 Å². The van der Waals surface area contributed by atoms with E-state index in [4.69, 9.17) is 5.73 Å². The second-order valence-corrected chi connectivity index (χ2v) is 4.10. The molecule has 1 aliphatic rings. The summed E-state index contributed by atoms with van der Waals surface area (Å²) >= 11 is 0. The van der Waals surface area contributed by atoms with Gasteiger partial charge in [0.1, 0.15) is 6.04 Å². The highest BCUT2D eigenvalue weighted by Gasteiger charge is 2.27. The van der Waals surface area contributed by atoms with Crippen LogP contribution in [-0.4, -0.2) is 23.8 Å². The van der Waals surface area contributed by atoms with Gasteiger partial charge in [0.2, 0.25) is 11.8 Å². The summed E-state index contributed by atoms with van der Waals surface area (Å²) in [6.45, 7) is 0. The molecule has 0 spiro atoms. The number of nitrogen functional groups attached to an aromatic ring is 1. The number of nitrogens with two attached hydrogens (primary N) is 1. The maximum Gasteiger partial charge on any atom is 0.251 e. The van der Waals surface area contributed by atoms with Gasteiger partial charge in [-0.2, -0.15) is 0 Å². The van der Waals surface area contributed by atoms with Gasteiger partial charge in [0.25, 0.3) is 5.91 Å². The Bertz CT molecular complexity index is 501. The second kappa shape index (κ2) is 6.19. The summed E-state index contributed by atoms with van der Waals surface area (Å²) in [5, 5.41) is 4.76. The number of nitrogens with one attached hydrogen (secondary N) is 2. The van der Waals surface area contributed by atoms with Crippen LogP contribution in [0.1, 0.15) is 23.2 Å². The van der Waals surface area contributed by atoms with Crippen molar-refractivity contribution < 1.29 is 14.4 Å². The van der Waals surface area contributed by atoms with E-state index in [-0.39, 0.29) is 30.6 Å². The number of benzene rings is 1. The Kier molecular flexibility index (Phi) is 4.88. The van der Waals surface area contributed by atoms with E-state index >= 15 is 0 Å². The van der Waals surface area contributed by atoms with Gasteiger partial charge in [-0.15, -0.1) is 12.4 Å². The Morgan fingerprint density at radius 2 is 1.89 bits per heavy atom. The summed E-state index contributed by atoms with van der Waals surface area (Å²) in [5.74, 6) is -1.13. The number of rotatable bonds is 2. The van der Waals surface area contributed by atoms with Gasteiger partial charge in [-0.25, -0.2) is 0 Å². The van der Waals surface area contributed by atoms with E-state index in [9.17, 15) is 14.4 Å². The van der Waals surface area contributed by atoms with Crippen LogP contribution in [-0.2, 0) is 9.59 Å². The summed E-state index contributed by atoms with van der Waals surface area (Å²) in [6, 6.07) is 5.72. The topological polar surface area (TPSA) is 101 Å². The predicted molar refractivity (Wildman–Crippen MR) is 71.7 cm³/mol. The number of amides is 3. The van der Waals surface area contributed by atoms with E-state index in [1.807, 2.05) is 0 Å². The van der Waals surface area contributed by atoms with Crippen LogP contribution in [0.4, 0.5) is 5.69 Å². The monoisotopic (exact) mass is 283 g/mol. The zero-order valence-electron chi connectivity index (χ0n) is 10.0. The van der Waals surface area contributed by atoms with Crippen molar-refractivity contribution in [3.63, 3.8) is 0 Å². The van der Waals surface area contributed by atoms with Crippen LogP contribution in [0.25, 0.3) is 0 Å². The maximum absolute atomic E-state index is 11.8. The number of hydrogen-bond acceptors (Lipinski definition) is 4. The Morgan fingerprint density at radius 1 is 1.26 bits per heavy atom. The van der Waals surface area contributed by atoms with Gasteiger partial charge < -0.3 is 11.1 Å². The third-order valence-electron chi connectivity index (χ3n) is 2.72. The largest absolute Gasteiger partial charge is 0.399 e. The first-order valence-electron chi connectivity index (χ1n) is 5.56. The molecule has 0 bridgehead atoms. The molecular formula is C12H14ClN3O3. The molecule has 1 atom stereocenters. The lowest BCUT2D eigenvalue weighted by molar-refractivity contribution is -0.134. The van der Waals surface area contributed by atoms with Crippen molar-refractivity contribution in [3.8, 4) is 0 Å². The minimum Gasteiger partial charge on any atom is -0.399 e. The van der Waals surface area contributed by atoms with Gasteiger partial charge in [0.15, 0.2) is 0 Å². The van der Waals surface area contributed by atoms with Crippen molar-refractivity contribution in [3.05, 3.63) is 29.8 Å². The first-order chi connectivity index (χ1) is 8.56. The lowest BCUT2D eigenvalue weighted by atomic mass is 10.1. The molecule has 102 valence electrons. The van der Waals surface area contributed by atoms with Crippen LogP contribution in [0, 0.1) is 0 Å². The summed E-state index contributed by atoms with van der Waals surface area (Å²) in [7, 11) is 0. The normalized spacial score (nSPS) is 18.2. The van der Waals surface area contributed by atoms with Crippen LogP contribution >= 0.6 is 12.4 Å². The average molecular weight is 284 g/mol. The third kappa shape index (κ3) is 3.69. The van der Waals surface area contributed by atoms with Crippen LogP contribution in [0.3, 0.4) is 0 Å². The number of imide groups is 1. The number of halogens is 1. The zero-order chi connectivity index (χ0) is 13.1. The number of anilines is 1. The van der Waals surface area contributed by atoms with Crippen molar-refractivity contribution in [2.75, 3.05) is 5.73 Å². The van der Waals surface area contributed by atoms with E-state index in [0.717, 1.165) is 0 Å². The molecule has 1 saturated heterocycles. The van der Waals surface area contributed by atoms with Gasteiger partial charge in [-0.05, 0) is 30.7 Å². The van der Waals surface area contributed by atoms with Crippen molar-refractivity contribution in [1.29, 1.82) is 0 Å². The fourth-order valence-electron chi connectivity index (χ4n) is 1.71. The molecule has 7 heteroatoms. The van der Waals surface area contributed by atoms with E-state index in [0.29, 0.717) is 17.7 Å². The predicted octanol–water partition coefficient (Wildman–Crippen LogP) is 0.226. The first kappa shape index (κ1) is 15.0. The molecule has 0 radical (unpaired) electrons. The van der Waals surface area contributed by atoms with Crippen LogP contribution in [0.2, 0.25) is 0 Å². The van der Waals surface area contributed by atoms with Crippen molar-refractivity contribution in [2.45, 2.75) is 18.9 Å². The van der Waals surface area contributed by atoms with Gasteiger partial charge in [0, 0.05) is 17.7 Å². The molecule has 2 rings (SSSR count). The van der Waals surface area contributed by atoms with Crippen molar-refractivity contribution >= 4 is 35.8 Å². The van der Waals surface area contributed by atoms with Gasteiger partial charge >= 0.3 is 0 Å². The van der Waals surface area contributed by atoms with Crippen LogP contribution in [0.15, 0.2) is 24.3 Å². The molecule has 1 aliphatic heterocycles. The first-order valence-corrected chi connectivity index (χ1v) is 5.56. The summed E-state index contributed by atoms with van der Waals surface area (Å²) in [4.78, 5) is 34.2. The standard InChI is InChI=1S/C12H13N3O3.ClH/c13-8-3-1-7(2-4-8)11(17)14-9-5-6-10(16)15-12(9)18;/h1-4,9H,5-6,13H2,(H,14,17)(H,15,16,18);1H/t9-;/m0./s1. The molecule has 0 aromatic heterocycles. The van der Waals surface area contributed by atoms with E-state index < -0.39 is 11.9 Å². The highest BCUT2D eigenvalue weighted by atomic mass is 35.5. The smallest absolute Gasteiger partial charge is 0.251 e. The molecule has 0 aliphatic carbocycles. The molecule has 1 heterocycles. The molecule has 0 unspecified atom stereocenters. The van der Waals surface area contributed by atoms with E-state index in [2.05, 4.69) is 10.6 Å². The Balaban J connectivity index is 0.00000180. The fourth-order valence-corrected chi connectivity index (χ4v) is 1.71. The summed E-state index contributed by atoms with van der Waals surface area (Å²) in [5.41, 5.74) is 6.50. The fraction of sp³-hybridized carbons (Fsp3) is 0.250. The molecule has 1 fully saturated rings. The Morgan fingerprint density at radius 3 is 2.47 bits per heavy atom. The number of carbonyl (C=O) groups excluding carboxylic acids is 3. The minimum atomic E-state index is -0.659. The average Bonchev–Trinajstić information content (AvgIpc) is 2.33. The maximum atomic E-state index is 11.8. The molecule has 6 nitrogen and oxygen atoms in total. The summed E-state index contributed by atoms with van der Waals surface area (Å²) < 4.78 is 0. The number of piperidine rings is 1. The number of hydrogen-bond donors (Lipinski definition) is 3. The quantitative estimate of drug-likeness (QED) is 0.534. The lowest BCUT2D eigenvalue weighted by Crippen LogP contribution is -2.52. The highest BCUT2D eigenvalue weighted by Crippen LogP contribution is 2.08. The zero-order valence-corrected chi connectivity index (χ0v) is 10.8. The van der Waals surface area contributed by atoms with Crippen molar-refractivity contribution in [1.82, 2.24) is 10.6 Å². The Hall–Kier alpha value is -2.08. The third-order valence-corrected chi connectivity index (χ3v) is 2.72. The number of carbonyl (C=O) groups is 3. The molecule has 19 heavy (non-hydrogen) atoms. The molecule has 3 amide bonds. The highest BCUT2D eigenvalue weighted by molar-refractivity contribution is 6.03. The lowest BCUT2D eigenvalue weighted by Gasteiger charge is -2.21. The van der Waals surface area contributed by atoms with E-state index in [1.165, 1.54) is 0 Å². The summed E-state index contributed by atoms with van der Waals surface area (Å²) in [6.07, 6.45) is 0.559. The molecule has 4 N–H and O–H groups in total. The second-order valence-electron chi connectivity index (χ2n) is 4.10. The van der Waals surface area contributed by atoms with Gasteiger partial charge in [0.05, 0.1) is 0 Å². The van der Waals surface area contributed by atoms with Crippen LogP contribution < -0.4 is 16.4 Å².